The van der Waals surface area contributed by atoms with Crippen LogP contribution in [0.5, 0.6) is 0 Å². The normalized spacial score (nSPS) is 14.4. The van der Waals surface area contributed by atoms with E-state index in [1.54, 1.807) is 18.5 Å². The number of halogens is 1. The number of para-hydroxylation sites is 2. The maximum absolute atomic E-state index is 14.2. The summed E-state index contributed by atoms with van der Waals surface area (Å²) in [5.41, 5.74) is 2.47. The smallest absolute Gasteiger partial charge is 0.163 e. The average Bonchev–Trinajstić information content (AvgIpc) is 2.79. The van der Waals surface area contributed by atoms with Gasteiger partial charge >= 0.3 is 0 Å². The number of rotatable bonds is 3. The minimum Gasteiger partial charge on any atom is -0.366 e. The van der Waals surface area contributed by atoms with Crippen LogP contribution >= 0.6 is 0 Å². The molecule has 0 radical (unpaired) electrons. The predicted molar refractivity (Wildman–Crippen MR) is 114 cm³/mol. The van der Waals surface area contributed by atoms with Gasteiger partial charge in [0.15, 0.2) is 5.82 Å². The van der Waals surface area contributed by atoms with Crippen molar-refractivity contribution in [1.29, 1.82) is 0 Å². The summed E-state index contributed by atoms with van der Waals surface area (Å²) >= 11 is 0. The van der Waals surface area contributed by atoms with Gasteiger partial charge in [-0.15, -0.1) is 0 Å². The Labute approximate surface area is 168 Å². The van der Waals surface area contributed by atoms with Gasteiger partial charge in [0.1, 0.15) is 11.6 Å². The molecule has 144 valence electrons. The van der Waals surface area contributed by atoms with Crippen molar-refractivity contribution in [3.63, 3.8) is 0 Å². The van der Waals surface area contributed by atoms with Crippen molar-refractivity contribution in [2.24, 2.45) is 0 Å². The van der Waals surface area contributed by atoms with Gasteiger partial charge in [0, 0.05) is 49.5 Å². The van der Waals surface area contributed by atoms with Crippen LogP contribution in [0.15, 0.2) is 73.1 Å². The number of fused-ring (bicyclic) bond motifs is 1. The van der Waals surface area contributed by atoms with Gasteiger partial charge in [-0.3, -0.25) is 4.98 Å². The van der Waals surface area contributed by atoms with Crippen LogP contribution in [0.25, 0.3) is 22.3 Å². The molecule has 0 amide bonds. The predicted octanol–water partition coefficient (Wildman–Crippen LogP) is 4.16. The first-order valence-electron chi connectivity index (χ1n) is 9.71. The van der Waals surface area contributed by atoms with Crippen LogP contribution in [0.2, 0.25) is 0 Å². The highest BCUT2D eigenvalue weighted by Gasteiger charge is 2.22. The molecule has 29 heavy (non-hydrogen) atoms. The largest absolute Gasteiger partial charge is 0.366 e. The second-order valence-electron chi connectivity index (χ2n) is 7.06. The van der Waals surface area contributed by atoms with E-state index in [4.69, 9.17) is 9.97 Å². The summed E-state index contributed by atoms with van der Waals surface area (Å²) in [6.45, 7) is 3.01. The van der Waals surface area contributed by atoms with Gasteiger partial charge in [0.25, 0.3) is 0 Å². The molecule has 2 aromatic carbocycles. The lowest BCUT2D eigenvalue weighted by molar-refractivity contribution is 0.597. The van der Waals surface area contributed by atoms with E-state index in [1.807, 2.05) is 42.5 Å². The zero-order chi connectivity index (χ0) is 19.6. The van der Waals surface area contributed by atoms with Gasteiger partial charge in [-0.05, 0) is 36.4 Å². The second kappa shape index (κ2) is 7.47. The minimum absolute atomic E-state index is 0.174. The highest BCUT2D eigenvalue weighted by atomic mass is 19.1. The van der Waals surface area contributed by atoms with Crippen molar-refractivity contribution >= 4 is 22.4 Å². The highest BCUT2D eigenvalue weighted by Crippen LogP contribution is 2.29. The summed E-state index contributed by atoms with van der Waals surface area (Å²) in [5.74, 6) is 1.42. The van der Waals surface area contributed by atoms with Crippen molar-refractivity contribution in [1.82, 2.24) is 15.0 Å². The summed E-state index contributed by atoms with van der Waals surface area (Å²) in [4.78, 5) is 18.2. The van der Waals surface area contributed by atoms with Crippen molar-refractivity contribution in [2.45, 2.75) is 0 Å². The highest BCUT2D eigenvalue weighted by molar-refractivity contribution is 5.91. The number of piperazine rings is 1. The molecular formula is C23H20FN5. The summed E-state index contributed by atoms with van der Waals surface area (Å²) < 4.78 is 14.2. The summed E-state index contributed by atoms with van der Waals surface area (Å²) in [5, 5.41) is 1.03. The maximum Gasteiger partial charge on any atom is 0.163 e. The summed E-state index contributed by atoms with van der Waals surface area (Å²) in [6, 6.07) is 18.9. The molecule has 0 saturated carbocycles. The molecule has 4 aromatic rings. The zero-order valence-electron chi connectivity index (χ0n) is 15.9. The van der Waals surface area contributed by atoms with Gasteiger partial charge < -0.3 is 9.80 Å². The van der Waals surface area contributed by atoms with Crippen molar-refractivity contribution in [3.05, 3.63) is 78.9 Å². The van der Waals surface area contributed by atoms with Gasteiger partial charge in [-0.25, -0.2) is 14.4 Å². The molecule has 2 aromatic heterocycles. The number of nitrogens with zero attached hydrogens (tertiary/aromatic N) is 5. The Balaban J connectivity index is 1.48. The number of hydrogen-bond donors (Lipinski definition) is 0. The Bertz CT molecular complexity index is 1140. The van der Waals surface area contributed by atoms with Crippen LogP contribution in [0, 0.1) is 5.82 Å². The second-order valence-corrected chi connectivity index (χ2v) is 7.06. The van der Waals surface area contributed by atoms with E-state index in [2.05, 4.69) is 20.9 Å². The van der Waals surface area contributed by atoms with Crippen LogP contribution in [0.4, 0.5) is 15.9 Å². The minimum atomic E-state index is -0.174. The van der Waals surface area contributed by atoms with E-state index >= 15 is 0 Å². The molecule has 5 rings (SSSR count). The third-order valence-electron chi connectivity index (χ3n) is 5.28. The van der Waals surface area contributed by atoms with Crippen LogP contribution in [0.1, 0.15) is 0 Å². The van der Waals surface area contributed by atoms with Crippen molar-refractivity contribution in [2.75, 3.05) is 36.0 Å². The standard InChI is InChI=1S/C23H20FN5/c24-19-8-2-4-10-21(19)28-12-14-29(15-13-28)23-18-7-1-3-9-20(18)26-22(27-23)17-6-5-11-25-16-17/h1-11,16H,12-15H2. The number of hydrogen-bond acceptors (Lipinski definition) is 5. The van der Waals surface area contributed by atoms with E-state index < -0.39 is 0 Å². The number of anilines is 2. The van der Waals surface area contributed by atoms with Gasteiger partial charge in [0.2, 0.25) is 0 Å². The average molecular weight is 385 g/mol. The molecule has 1 saturated heterocycles. The molecule has 0 atom stereocenters. The topological polar surface area (TPSA) is 45.2 Å². The van der Waals surface area contributed by atoms with Gasteiger partial charge in [-0.1, -0.05) is 24.3 Å². The van der Waals surface area contributed by atoms with Crippen molar-refractivity contribution < 1.29 is 4.39 Å². The van der Waals surface area contributed by atoms with E-state index in [9.17, 15) is 4.39 Å². The van der Waals surface area contributed by atoms with E-state index in [1.165, 1.54) is 6.07 Å². The SMILES string of the molecule is Fc1ccccc1N1CCN(c2nc(-c3cccnc3)nc3ccccc23)CC1. The van der Waals surface area contributed by atoms with Crippen LogP contribution in [0.3, 0.4) is 0 Å². The Kier molecular flexibility index (Phi) is 4.52. The zero-order valence-corrected chi connectivity index (χ0v) is 15.9. The van der Waals surface area contributed by atoms with Crippen LogP contribution in [-0.2, 0) is 0 Å². The Hall–Kier alpha value is -3.54. The van der Waals surface area contributed by atoms with E-state index in [-0.39, 0.29) is 5.82 Å². The third kappa shape index (κ3) is 3.38. The summed E-state index contributed by atoms with van der Waals surface area (Å²) in [7, 11) is 0. The monoisotopic (exact) mass is 385 g/mol. The van der Waals surface area contributed by atoms with Gasteiger partial charge in [-0.2, -0.15) is 0 Å². The van der Waals surface area contributed by atoms with E-state index in [0.717, 1.165) is 48.5 Å². The molecule has 0 N–H and O–H groups in total. The molecule has 1 aliphatic rings. The lowest BCUT2D eigenvalue weighted by Gasteiger charge is -2.37. The first-order valence-corrected chi connectivity index (χ1v) is 9.71. The molecule has 0 spiro atoms. The lowest BCUT2D eigenvalue weighted by Crippen LogP contribution is -2.47. The maximum atomic E-state index is 14.2. The molecule has 1 fully saturated rings. The summed E-state index contributed by atoms with van der Waals surface area (Å²) in [6.07, 6.45) is 3.53. The van der Waals surface area contributed by atoms with Crippen LogP contribution < -0.4 is 9.80 Å². The quantitative estimate of drug-likeness (QED) is 0.530. The molecule has 5 nitrogen and oxygen atoms in total. The fourth-order valence-electron chi connectivity index (χ4n) is 3.79. The molecule has 3 heterocycles. The fourth-order valence-corrected chi connectivity index (χ4v) is 3.79. The Morgan fingerprint density at radius 1 is 0.759 bits per heavy atom. The number of aromatic nitrogens is 3. The third-order valence-corrected chi connectivity index (χ3v) is 5.28. The number of benzene rings is 2. The molecular weight excluding hydrogens is 365 g/mol. The molecule has 1 aliphatic heterocycles. The first-order chi connectivity index (χ1) is 14.3. The van der Waals surface area contributed by atoms with Crippen LogP contribution in [-0.4, -0.2) is 41.1 Å². The first kappa shape index (κ1) is 17.6. The molecule has 0 bridgehead atoms. The molecule has 0 aliphatic carbocycles. The molecule has 6 heteroatoms. The van der Waals surface area contributed by atoms with Gasteiger partial charge in [0.05, 0.1) is 11.2 Å². The molecule has 0 unspecified atom stereocenters. The van der Waals surface area contributed by atoms with Crippen molar-refractivity contribution in [3.8, 4) is 11.4 Å². The van der Waals surface area contributed by atoms with E-state index in [0.29, 0.717) is 11.5 Å². The Morgan fingerprint density at radius 3 is 2.31 bits per heavy atom. The number of pyridine rings is 1. The lowest BCUT2D eigenvalue weighted by atomic mass is 10.1. The Morgan fingerprint density at radius 2 is 1.52 bits per heavy atom. The fraction of sp³-hybridized carbons (Fsp3) is 0.174.